The lowest BCUT2D eigenvalue weighted by atomic mass is 10.1. The highest BCUT2D eigenvalue weighted by molar-refractivity contribution is 5.52. The van der Waals surface area contributed by atoms with Crippen molar-refractivity contribution < 1.29 is 0 Å². The van der Waals surface area contributed by atoms with E-state index in [1.165, 1.54) is 17.7 Å². The van der Waals surface area contributed by atoms with Crippen LogP contribution in [0.5, 0.6) is 0 Å². The monoisotopic (exact) mass is 387 g/mol. The summed E-state index contributed by atoms with van der Waals surface area (Å²) in [5, 5.41) is 0. The van der Waals surface area contributed by atoms with Gasteiger partial charge in [0.25, 0.3) is 5.56 Å². The summed E-state index contributed by atoms with van der Waals surface area (Å²) < 4.78 is 1.72. The number of aromatic nitrogens is 1. The van der Waals surface area contributed by atoms with Crippen LogP contribution < -0.4 is 10.5 Å². The highest BCUT2D eigenvalue weighted by Gasteiger charge is 2.23. The van der Waals surface area contributed by atoms with Gasteiger partial charge in [0.2, 0.25) is 0 Å². The molecule has 1 aliphatic heterocycles. The fraction of sp³-hybridized carbons (Fsp3) is 0.320. The van der Waals surface area contributed by atoms with Crippen LogP contribution in [0.4, 0.5) is 5.69 Å². The second-order valence-electron chi connectivity index (χ2n) is 8.10. The molecule has 0 spiro atoms. The van der Waals surface area contributed by atoms with Crippen molar-refractivity contribution in [3.05, 3.63) is 94.4 Å². The molecule has 0 saturated carbocycles. The first kappa shape index (κ1) is 19.5. The van der Waals surface area contributed by atoms with Crippen molar-refractivity contribution in [2.45, 2.75) is 25.3 Å². The minimum absolute atomic E-state index is 0.0251. The van der Waals surface area contributed by atoms with Gasteiger partial charge in [-0.1, -0.05) is 30.3 Å². The molecule has 4 heteroatoms. The molecule has 4 nitrogen and oxygen atoms in total. The van der Waals surface area contributed by atoms with Crippen LogP contribution >= 0.6 is 0 Å². The molecule has 1 saturated heterocycles. The SMILES string of the molecule is CN(C)C1CCN(c2ccc(-n3ccc(CCc4ccccc4)cc3=O)cc2)C1. The predicted octanol–water partition coefficient (Wildman–Crippen LogP) is 3.76. The van der Waals surface area contributed by atoms with E-state index < -0.39 is 0 Å². The molecule has 0 amide bonds. The van der Waals surface area contributed by atoms with E-state index in [4.69, 9.17) is 0 Å². The van der Waals surface area contributed by atoms with Crippen LogP contribution in [0.25, 0.3) is 5.69 Å². The minimum atomic E-state index is 0.0251. The number of hydrogen-bond donors (Lipinski definition) is 0. The van der Waals surface area contributed by atoms with Gasteiger partial charge in [-0.3, -0.25) is 9.36 Å². The molecule has 1 fully saturated rings. The van der Waals surface area contributed by atoms with Gasteiger partial charge in [-0.15, -0.1) is 0 Å². The number of hydrogen-bond acceptors (Lipinski definition) is 3. The smallest absolute Gasteiger partial charge is 0.255 e. The van der Waals surface area contributed by atoms with E-state index in [-0.39, 0.29) is 5.56 Å². The highest BCUT2D eigenvalue weighted by Crippen LogP contribution is 2.23. The lowest BCUT2D eigenvalue weighted by Gasteiger charge is -2.22. The Hall–Kier alpha value is -2.85. The highest BCUT2D eigenvalue weighted by atomic mass is 16.1. The molecule has 1 atom stereocenters. The van der Waals surface area contributed by atoms with Gasteiger partial charge in [0.05, 0.1) is 0 Å². The Morgan fingerprint density at radius 2 is 1.59 bits per heavy atom. The molecule has 4 rings (SSSR count). The van der Waals surface area contributed by atoms with Crippen molar-refractivity contribution in [1.29, 1.82) is 0 Å². The minimum Gasteiger partial charge on any atom is -0.370 e. The molecule has 0 bridgehead atoms. The first-order chi connectivity index (χ1) is 14.1. The molecule has 2 heterocycles. The number of aryl methyl sites for hydroxylation is 2. The van der Waals surface area contributed by atoms with Gasteiger partial charge in [-0.25, -0.2) is 0 Å². The van der Waals surface area contributed by atoms with Gasteiger partial charge in [0.15, 0.2) is 0 Å². The van der Waals surface area contributed by atoms with Crippen molar-refractivity contribution in [3.8, 4) is 5.69 Å². The van der Waals surface area contributed by atoms with E-state index in [1.807, 2.05) is 24.4 Å². The summed E-state index contributed by atoms with van der Waals surface area (Å²) in [5.41, 5.74) is 4.55. The Labute approximate surface area is 173 Å². The van der Waals surface area contributed by atoms with E-state index in [1.54, 1.807) is 10.6 Å². The van der Waals surface area contributed by atoms with Gasteiger partial charge in [-0.2, -0.15) is 0 Å². The quantitative estimate of drug-likeness (QED) is 0.645. The second-order valence-corrected chi connectivity index (χ2v) is 8.10. The fourth-order valence-electron chi connectivity index (χ4n) is 4.04. The van der Waals surface area contributed by atoms with Crippen LogP contribution in [0.3, 0.4) is 0 Å². The summed E-state index contributed by atoms with van der Waals surface area (Å²) in [4.78, 5) is 17.4. The van der Waals surface area contributed by atoms with Crippen LogP contribution in [-0.4, -0.2) is 42.7 Å². The third kappa shape index (κ3) is 4.60. The topological polar surface area (TPSA) is 28.5 Å². The summed E-state index contributed by atoms with van der Waals surface area (Å²) in [6, 6.07) is 23.2. The normalized spacial score (nSPS) is 16.5. The van der Waals surface area contributed by atoms with E-state index in [2.05, 4.69) is 66.4 Å². The van der Waals surface area contributed by atoms with Crippen molar-refractivity contribution in [1.82, 2.24) is 9.47 Å². The number of benzene rings is 2. The van der Waals surface area contributed by atoms with E-state index in [0.29, 0.717) is 6.04 Å². The average Bonchev–Trinajstić information content (AvgIpc) is 3.24. The Balaban J connectivity index is 1.44. The summed E-state index contributed by atoms with van der Waals surface area (Å²) in [5.74, 6) is 0. The molecule has 2 aromatic carbocycles. The number of anilines is 1. The standard InChI is InChI=1S/C25H29N3O/c1-26(2)24-15-16-27(19-24)22-10-12-23(13-11-22)28-17-14-21(18-25(28)29)9-8-20-6-4-3-5-7-20/h3-7,10-14,17-18,24H,8-9,15-16,19H2,1-2H3. The summed E-state index contributed by atoms with van der Waals surface area (Å²) in [7, 11) is 4.29. The third-order valence-electron chi connectivity index (χ3n) is 5.92. The predicted molar refractivity (Wildman–Crippen MR) is 120 cm³/mol. The van der Waals surface area contributed by atoms with Crippen molar-refractivity contribution in [2.24, 2.45) is 0 Å². The van der Waals surface area contributed by atoms with Crippen molar-refractivity contribution >= 4 is 5.69 Å². The molecule has 0 radical (unpaired) electrons. The Morgan fingerprint density at radius 1 is 0.897 bits per heavy atom. The van der Waals surface area contributed by atoms with Gasteiger partial charge >= 0.3 is 0 Å². The maximum absolute atomic E-state index is 12.7. The molecular weight excluding hydrogens is 358 g/mol. The molecule has 1 unspecified atom stereocenters. The lowest BCUT2D eigenvalue weighted by molar-refractivity contribution is 0.315. The molecule has 0 N–H and O–H groups in total. The summed E-state index contributed by atoms with van der Waals surface area (Å²) in [6.07, 6.45) is 4.91. The molecule has 29 heavy (non-hydrogen) atoms. The van der Waals surface area contributed by atoms with Gasteiger partial charge < -0.3 is 9.80 Å². The van der Waals surface area contributed by atoms with Crippen LogP contribution in [0, 0.1) is 0 Å². The van der Waals surface area contributed by atoms with Crippen molar-refractivity contribution in [2.75, 3.05) is 32.1 Å². The summed E-state index contributed by atoms with van der Waals surface area (Å²) in [6.45, 7) is 2.14. The van der Waals surface area contributed by atoms with Crippen LogP contribution in [0.15, 0.2) is 77.7 Å². The second kappa shape index (κ2) is 8.66. The van der Waals surface area contributed by atoms with Gasteiger partial charge in [-0.05, 0) is 74.8 Å². The zero-order chi connectivity index (χ0) is 20.2. The van der Waals surface area contributed by atoms with E-state index in [0.717, 1.165) is 37.2 Å². The Bertz CT molecular complexity index is 993. The van der Waals surface area contributed by atoms with Gasteiger partial charge in [0.1, 0.15) is 0 Å². The molecule has 1 aliphatic rings. The Morgan fingerprint density at radius 3 is 2.24 bits per heavy atom. The maximum Gasteiger partial charge on any atom is 0.255 e. The zero-order valence-corrected chi connectivity index (χ0v) is 17.3. The Kier molecular flexibility index (Phi) is 5.81. The first-order valence-corrected chi connectivity index (χ1v) is 10.4. The number of pyridine rings is 1. The van der Waals surface area contributed by atoms with Crippen LogP contribution in [0.1, 0.15) is 17.5 Å². The molecule has 1 aromatic heterocycles. The molecular formula is C25H29N3O. The summed E-state index contributed by atoms with van der Waals surface area (Å²) >= 11 is 0. The van der Waals surface area contributed by atoms with Crippen LogP contribution in [-0.2, 0) is 12.8 Å². The maximum atomic E-state index is 12.7. The van der Waals surface area contributed by atoms with E-state index in [9.17, 15) is 4.79 Å². The van der Waals surface area contributed by atoms with Crippen molar-refractivity contribution in [3.63, 3.8) is 0 Å². The zero-order valence-electron chi connectivity index (χ0n) is 17.3. The first-order valence-electron chi connectivity index (χ1n) is 10.4. The van der Waals surface area contributed by atoms with Gasteiger partial charge in [0, 0.05) is 42.8 Å². The number of rotatable bonds is 6. The average molecular weight is 388 g/mol. The molecule has 150 valence electrons. The largest absolute Gasteiger partial charge is 0.370 e. The lowest BCUT2D eigenvalue weighted by Crippen LogP contribution is -2.31. The number of nitrogens with zero attached hydrogens (tertiary/aromatic N) is 3. The number of likely N-dealkylation sites (N-methyl/N-ethyl adjacent to an activating group) is 1. The fourth-order valence-corrected chi connectivity index (χ4v) is 4.04. The third-order valence-corrected chi connectivity index (χ3v) is 5.92. The molecule has 0 aliphatic carbocycles. The van der Waals surface area contributed by atoms with E-state index >= 15 is 0 Å². The van der Waals surface area contributed by atoms with Crippen LogP contribution in [0.2, 0.25) is 0 Å². The molecule has 3 aromatic rings.